The fraction of sp³-hybridized carbons (Fsp3) is 0.160. The number of aromatic nitrogens is 2. The molecule has 0 fully saturated rings. The van der Waals surface area contributed by atoms with E-state index in [9.17, 15) is 13.2 Å². The van der Waals surface area contributed by atoms with Crippen molar-refractivity contribution in [2.45, 2.75) is 30.7 Å². The van der Waals surface area contributed by atoms with Gasteiger partial charge in [0, 0.05) is 35.9 Å². The van der Waals surface area contributed by atoms with Gasteiger partial charge in [-0.3, -0.25) is 19.5 Å². The Kier molecular flexibility index (Phi) is 6.65. The van der Waals surface area contributed by atoms with E-state index in [1.54, 1.807) is 60.9 Å². The lowest BCUT2D eigenvalue weighted by atomic mass is 10.1. The molecule has 0 aliphatic rings. The van der Waals surface area contributed by atoms with Crippen molar-refractivity contribution in [3.05, 3.63) is 96.4 Å². The molecule has 4 aromatic rings. The number of fused-ring (bicyclic) bond motifs is 1. The van der Waals surface area contributed by atoms with Gasteiger partial charge in [0.1, 0.15) is 4.90 Å². The Hall–Kier alpha value is -3.78. The lowest BCUT2D eigenvalue weighted by molar-refractivity contribution is 0.0936. The molecular formula is C25H24N4O3S. The van der Waals surface area contributed by atoms with Crippen LogP contribution in [0.2, 0.25) is 0 Å². The number of benzene rings is 2. The lowest BCUT2D eigenvalue weighted by Gasteiger charge is -2.18. The summed E-state index contributed by atoms with van der Waals surface area (Å²) in [6.45, 7) is 1.98. The van der Waals surface area contributed by atoms with Crippen molar-refractivity contribution < 1.29 is 13.2 Å². The van der Waals surface area contributed by atoms with Crippen molar-refractivity contribution >= 4 is 32.5 Å². The Morgan fingerprint density at radius 2 is 1.67 bits per heavy atom. The van der Waals surface area contributed by atoms with Crippen LogP contribution in [0.1, 0.15) is 29.4 Å². The molecule has 0 radical (unpaired) electrons. The average Bonchev–Trinajstić information content (AvgIpc) is 2.84. The van der Waals surface area contributed by atoms with E-state index in [0.717, 1.165) is 5.69 Å². The first-order valence-electron chi connectivity index (χ1n) is 10.6. The predicted molar refractivity (Wildman–Crippen MR) is 128 cm³/mol. The maximum Gasteiger partial charge on any atom is 0.264 e. The summed E-state index contributed by atoms with van der Waals surface area (Å²) in [5.74, 6) is -0.355. The third-order valence-electron chi connectivity index (χ3n) is 5.31. The van der Waals surface area contributed by atoms with Crippen molar-refractivity contribution in [2.75, 3.05) is 4.72 Å². The Morgan fingerprint density at radius 3 is 2.45 bits per heavy atom. The van der Waals surface area contributed by atoms with Crippen LogP contribution < -0.4 is 10.0 Å². The number of carbonyl (C=O) groups excluding carboxylic acids is 1. The first kappa shape index (κ1) is 22.4. The zero-order valence-corrected chi connectivity index (χ0v) is 18.9. The summed E-state index contributed by atoms with van der Waals surface area (Å²) in [6.07, 6.45) is 4.56. The smallest absolute Gasteiger partial charge is 0.264 e. The van der Waals surface area contributed by atoms with Gasteiger partial charge in [-0.1, -0.05) is 43.3 Å². The second kappa shape index (κ2) is 9.79. The number of pyridine rings is 2. The average molecular weight is 461 g/mol. The highest BCUT2D eigenvalue weighted by atomic mass is 32.2. The van der Waals surface area contributed by atoms with Crippen molar-refractivity contribution in [1.82, 2.24) is 15.3 Å². The number of amides is 1. The number of sulfonamides is 1. The fourth-order valence-electron chi connectivity index (χ4n) is 3.59. The first-order valence-corrected chi connectivity index (χ1v) is 12.1. The molecule has 1 unspecified atom stereocenters. The van der Waals surface area contributed by atoms with Crippen LogP contribution in [-0.2, 0) is 16.4 Å². The van der Waals surface area contributed by atoms with E-state index >= 15 is 0 Å². The summed E-state index contributed by atoms with van der Waals surface area (Å²) in [7, 11) is -3.98. The van der Waals surface area contributed by atoms with E-state index in [2.05, 4.69) is 20.0 Å². The quantitative estimate of drug-likeness (QED) is 0.411. The monoisotopic (exact) mass is 460 g/mol. The SMILES string of the molecule is CCC(Cc1ccccn1)NC(=O)c1ccccc1NS(=O)(=O)c1cccc2cccnc12. The minimum atomic E-state index is -3.98. The Bertz CT molecular complexity index is 1370. The molecular weight excluding hydrogens is 436 g/mol. The van der Waals surface area contributed by atoms with Gasteiger partial charge in [0.05, 0.1) is 16.8 Å². The molecule has 2 N–H and O–H groups in total. The molecule has 4 rings (SSSR count). The van der Waals surface area contributed by atoms with Crippen LogP contribution >= 0.6 is 0 Å². The summed E-state index contributed by atoms with van der Waals surface area (Å²) in [6, 6.07) is 20.6. The Balaban J connectivity index is 1.58. The second-order valence-corrected chi connectivity index (χ2v) is 9.24. The van der Waals surface area contributed by atoms with E-state index in [0.29, 0.717) is 23.7 Å². The molecule has 2 aromatic carbocycles. The topological polar surface area (TPSA) is 101 Å². The van der Waals surface area contributed by atoms with E-state index in [-0.39, 0.29) is 28.1 Å². The molecule has 0 spiro atoms. The molecule has 2 heterocycles. The van der Waals surface area contributed by atoms with Crippen LogP contribution in [0, 0.1) is 0 Å². The maximum atomic E-state index is 13.2. The standard InChI is InChI=1S/C25H24N4O3S/c1-2-19(17-20-11-5-6-15-26-20)28-25(30)21-12-3-4-13-22(21)29-33(31,32)23-14-7-9-18-10-8-16-27-24(18)23/h3-16,19,29H,2,17H2,1H3,(H,28,30). The molecule has 168 valence electrons. The summed E-state index contributed by atoms with van der Waals surface area (Å²) < 4.78 is 29.0. The molecule has 7 nitrogen and oxygen atoms in total. The first-order chi connectivity index (χ1) is 16.0. The van der Waals surface area contributed by atoms with Crippen LogP contribution in [-0.4, -0.2) is 30.3 Å². The molecule has 8 heteroatoms. The molecule has 0 aliphatic carbocycles. The second-order valence-electron chi connectivity index (χ2n) is 7.59. The minimum absolute atomic E-state index is 0.0531. The molecule has 33 heavy (non-hydrogen) atoms. The number of nitrogens with one attached hydrogen (secondary N) is 2. The maximum absolute atomic E-state index is 13.2. The minimum Gasteiger partial charge on any atom is -0.349 e. The van der Waals surface area contributed by atoms with Crippen molar-refractivity contribution in [3.63, 3.8) is 0 Å². The van der Waals surface area contributed by atoms with E-state index < -0.39 is 10.0 Å². The van der Waals surface area contributed by atoms with E-state index in [1.807, 2.05) is 25.1 Å². The van der Waals surface area contributed by atoms with Gasteiger partial charge in [0.2, 0.25) is 0 Å². The molecule has 0 saturated carbocycles. The third kappa shape index (κ3) is 5.18. The number of carbonyl (C=O) groups is 1. The number of rotatable bonds is 8. The van der Waals surface area contributed by atoms with Gasteiger partial charge in [-0.25, -0.2) is 8.42 Å². The van der Waals surface area contributed by atoms with Crippen LogP contribution in [0.25, 0.3) is 10.9 Å². The molecule has 0 saturated heterocycles. The summed E-state index contributed by atoms with van der Waals surface area (Å²) in [5.41, 5.74) is 1.70. The van der Waals surface area contributed by atoms with E-state index in [4.69, 9.17) is 0 Å². The van der Waals surface area contributed by atoms with Gasteiger partial charge >= 0.3 is 0 Å². The fourth-order valence-corrected chi connectivity index (χ4v) is 4.86. The van der Waals surface area contributed by atoms with Crippen LogP contribution in [0.15, 0.2) is 90.1 Å². The third-order valence-corrected chi connectivity index (χ3v) is 6.71. The zero-order valence-electron chi connectivity index (χ0n) is 18.1. The highest BCUT2D eigenvalue weighted by Crippen LogP contribution is 2.25. The van der Waals surface area contributed by atoms with Gasteiger partial charge in [-0.2, -0.15) is 0 Å². The van der Waals surface area contributed by atoms with Crippen molar-refractivity contribution in [3.8, 4) is 0 Å². The molecule has 1 atom stereocenters. The predicted octanol–water partition coefficient (Wildman–Crippen LogP) is 4.18. The van der Waals surface area contributed by atoms with Gasteiger partial charge in [0.25, 0.3) is 15.9 Å². The molecule has 2 aromatic heterocycles. The van der Waals surface area contributed by atoms with Crippen molar-refractivity contribution in [2.24, 2.45) is 0 Å². The number of nitrogens with zero attached hydrogens (tertiary/aromatic N) is 2. The summed E-state index contributed by atoms with van der Waals surface area (Å²) >= 11 is 0. The molecule has 0 bridgehead atoms. The number of anilines is 1. The van der Waals surface area contributed by atoms with Gasteiger partial charge < -0.3 is 5.32 Å². The van der Waals surface area contributed by atoms with Gasteiger partial charge in [0.15, 0.2) is 0 Å². The summed E-state index contributed by atoms with van der Waals surface area (Å²) in [5, 5.41) is 3.72. The number of hydrogen-bond acceptors (Lipinski definition) is 5. The number of para-hydroxylation sites is 2. The Morgan fingerprint density at radius 1 is 0.909 bits per heavy atom. The highest BCUT2D eigenvalue weighted by Gasteiger charge is 2.22. The van der Waals surface area contributed by atoms with Crippen LogP contribution in [0.5, 0.6) is 0 Å². The molecule has 1 amide bonds. The van der Waals surface area contributed by atoms with Gasteiger partial charge in [-0.05, 0) is 42.8 Å². The Labute approximate surface area is 193 Å². The number of hydrogen-bond donors (Lipinski definition) is 2. The van der Waals surface area contributed by atoms with Crippen molar-refractivity contribution in [1.29, 1.82) is 0 Å². The van der Waals surface area contributed by atoms with E-state index in [1.165, 1.54) is 6.07 Å². The lowest BCUT2D eigenvalue weighted by Crippen LogP contribution is -2.36. The zero-order chi connectivity index (χ0) is 23.3. The van der Waals surface area contributed by atoms with Gasteiger partial charge in [-0.15, -0.1) is 0 Å². The molecule has 0 aliphatic heterocycles. The van der Waals surface area contributed by atoms with Crippen LogP contribution in [0.4, 0.5) is 5.69 Å². The highest BCUT2D eigenvalue weighted by molar-refractivity contribution is 7.93. The largest absolute Gasteiger partial charge is 0.349 e. The normalized spacial score (nSPS) is 12.3. The van der Waals surface area contributed by atoms with Crippen LogP contribution in [0.3, 0.4) is 0 Å². The summed E-state index contributed by atoms with van der Waals surface area (Å²) in [4.78, 5) is 21.7.